The molecule has 0 fully saturated rings. The van der Waals surface area contributed by atoms with Crippen molar-refractivity contribution >= 4 is 7.85 Å². The summed E-state index contributed by atoms with van der Waals surface area (Å²) in [5.41, 5.74) is 1.98. The Hall–Kier alpha value is -1.18. The number of allylic oxidation sites excluding steroid dienone is 2. The third-order valence-electron chi connectivity index (χ3n) is 2.13. The molecule has 0 atom stereocenters. The van der Waals surface area contributed by atoms with E-state index in [1.54, 1.807) is 0 Å². The SMILES string of the molecule is [B]C(CC)=C(C)OCc1ccccc1. The van der Waals surface area contributed by atoms with Gasteiger partial charge in [-0.1, -0.05) is 42.7 Å². The molecule has 0 aliphatic carbocycles. The van der Waals surface area contributed by atoms with E-state index in [2.05, 4.69) is 0 Å². The van der Waals surface area contributed by atoms with Crippen LogP contribution in [0.25, 0.3) is 0 Å². The Morgan fingerprint density at radius 1 is 1.29 bits per heavy atom. The van der Waals surface area contributed by atoms with Gasteiger partial charge in [0, 0.05) is 0 Å². The van der Waals surface area contributed by atoms with Crippen molar-refractivity contribution in [2.75, 3.05) is 0 Å². The first kappa shape index (κ1) is 10.9. The Kier molecular flexibility index (Phi) is 4.31. The van der Waals surface area contributed by atoms with Crippen LogP contribution in [0.3, 0.4) is 0 Å². The van der Waals surface area contributed by atoms with Crippen LogP contribution in [0.2, 0.25) is 0 Å². The summed E-state index contributed by atoms with van der Waals surface area (Å²) < 4.78 is 5.54. The minimum Gasteiger partial charge on any atom is -0.494 e. The van der Waals surface area contributed by atoms with Gasteiger partial charge in [-0.15, -0.1) is 0 Å². The van der Waals surface area contributed by atoms with E-state index in [9.17, 15) is 0 Å². The Morgan fingerprint density at radius 2 is 1.93 bits per heavy atom. The van der Waals surface area contributed by atoms with Crippen LogP contribution in [-0.2, 0) is 11.3 Å². The average Bonchev–Trinajstić information content (AvgIpc) is 2.26. The predicted molar refractivity (Wildman–Crippen MR) is 60.0 cm³/mol. The molecule has 0 saturated carbocycles. The summed E-state index contributed by atoms with van der Waals surface area (Å²) in [4.78, 5) is 0. The molecule has 0 amide bonds. The van der Waals surface area contributed by atoms with Gasteiger partial charge in [0.25, 0.3) is 0 Å². The molecule has 72 valence electrons. The molecule has 1 nitrogen and oxygen atoms in total. The first-order valence-corrected chi connectivity index (χ1v) is 4.86. The molecule has 0 aliphatic rings. The number of ether oxygens (including phenoxy) is 1. The van der Waals surface area contributed by atoms with Crippen LogP contribution in [0.15, 0.2) is 41.6 Å². The van der Waals surface area contributed by atoms with E-state index in [1.165, 1.54) is 0 Å². The normalized spacial score (nSPS) is 12.1. The van der Waals surface area contributed by atoms with E-state index in [0.717, 1.165) is 23.2 Å². The maximum Gasteiger partial charge on any atom is 0.113 e. The van der Waals surface area contributed by atoms with Crippen molar-refractivity contribution in [3.8, 4) is 0 Å². The Morgan fingerprint density at radius 3 is 2.50 bits per heavy atom. The molecule has 0 heterocycles. The van der Waals surface area contributed by atoms with E-state index < -0.39 is 0 Å². The van der Waals surface area contributed by atoms with Crippen LogP contribution in [0.4, 0.5) is 0 Å². The second-order valence-corrected chi connectivity index (χ2v) is 3.21. The van der Waals surface area contributed by atoms with Crippen molar-refractivity contribution in [2.45, 2.75) is 26.9 Å². The molecule has 1 aromatic carbocycles. The maximum absolute atomic E-state index is 5.74. The summed E-state index contributed by atoms with van der Waals surface area (Å²) in [6, 6.07) is 10.1. The molecule has 0 aromatic heterocycles. The zero-order chi connectivity index (χ0) is 10.4. The van der Waals surface area contributed by atoms with Crippen molar-refractivity contribution in [1.82, 2.24) is 0 Å². The molecular formula is C12H15BO. The number of benzene rings is 1. The van der Waals surface area contributed by atoms with Gasteiger partial charge in [-0.25, -0.2) is 0 Å². The molecule has 1 aromatic rings. The van der Waals surface area contributed by atoms with Gasteiger partial charge in [0.05, 0.1) is 5.76 Å². The van der Waals surface area contributed by atoms with Gasteiger partial charge in [0.15, 0.2) is 0 Å². The lowest BCUT2D eigenvalue weighted by Gasteiger charge is -2.09. The molecule has 0 N–H and O–H groups in total. The minimum atomic E-state index is 0.591. The van der Waals surface area contributed by atoms with Crippen molar-refractivity contribution in [3.05, 3.63) is 47.1 Å². The smallest absolute Gasteiger partial charge is 0.113 e. The van der Waals surface area contributed by atoms with Gasteiger partial charge in [0.2, 0.25) is 0 Å². The average molecular weight is 186 g/mol. The fourth-order valence-corrected chi connectivity index (χ4v) is 1.11. The Balaban J connectivity index is 2.50. The first-order chi connectivity index (χ1) is 6.74. The molecular weight excluding hydrogens is 171 g/mol. The first-order valence-electron chi connectivity index (χ1n) is 4.86. The number of hydrogen-bond acceptors (Lipinski definition) is 1. The van der Waals surface area contributed by atoms with E-state index in [1.807, 2.05) is 44.2 Å². The van der Waals surface area contributed by atoms with E-state index >= 15 is 0 Å². The molecule has 2 radical (unpaired) electrons. The summed E-state index contributed by atoms with van der Waals surface area (Å²) in [6.07, 6.45) is 0.834. The van der Waals surface area contributed by atoms with Crippen molar-refractivity contribution in [1.29, 1.82) is 0 Å². The Labute approximate surface area is 87.2 Å². The highest BCUT2D eigenvalue weighted by Crippen LogP contribution is 2.09. The number of rotatable bonds is 4. The summed E-state index contributed by atoms with van der Waals surface area (Å²) >= 11 is 0. The second kappa shape index (κ2) is 5.53. The van der Waals surface area contributed by atoms with Crippen molar-refractivity contribution < 1.29 is 4.74 Å². The van der Waals surface area contributed by atoms with E-state index in [-0.39, 0.29) is 0 Å². The molecule has 2 heteroatoms. The predicted octanol–water partition coefficient (Wildman–Crippen LogP) is 3.01. The van der Waals surface area contributed by atoms with Crippen molar-refractivity contribution in [2.24, 2.45) is 0 Å². The molecule has 0 bridgehead atoms. The lowest BCUT2D eigenvalue weighted by atomic mass is 9.92. The third-order valence-corrected chi connectivity index (χ3v) is 2.13. The highest BCUT2D eigenvalue weighted by atomic mass is 16.5. The zero-order valence-corrected chi connectivity index (χ0v) is 8.79. The van der Waals surface area contributed by atoms with E-state index in [4.69, 9.17) is 12.6 Å². The molecule has 0 unspecified atom stereocenters. The molecule has 0 spiro atoms. The van der Waals surface area contributed by atoms with Crippen LogP contribution in [0.1, 0.15) is 25.8 Å². The monoisotopic (exact) mass is 186 g/mol. The zero-order valence-electron chi connectivity index (χ0n) is 8.79. The lowest BCUT2D eigenvalue weighted by molar-refractivity contribution is 0.198. The van der Waals surface area contributed by atoms with Crippen LogP contribution in [0, 0.1) is 0 Å². The van der Waals surface area contributed by atoms with Crippen LogP contribution in [-0.4, -0.2) is 7.85 Å². The molecule has 1 rings (SSSR count). The molecule has 14 heavy (non-hydrogen) atoms. The van der Waals surface area contributed by atoms with Gasteiger partial charge >= 0.3 is 0 Å². The van der Waals surface area contributed by atoms with E-state index in [0.29, 0.717) is 6.61 Å². The van der Waals surface area contributed by atoms with Crippen molar-refractivity contribution in [3.63, 3.8) is 0 Å². The summed E-state index contributed by atoms with van der Waals surface area (Å²) in [7, 11) is 5.74. The van der Waals surface area contributed by atoms with Gasteiger partial charge in [-0.2, -0.15) is 0 Å². The summed E-state index contributed by atoms with van der Waals surface area (Å²) in [6.45, 7) is 4.51. The van der Waals surface area contributed by atoms with Gasteiger partial charge in [-0.3, -0.25) is 0 Å². The van der Waals surface area contributed by atoms with Crippen LogP contribution >= 0.6 is 0 Å². The third kappa shape index (κ3) is 3.29. The Bertz CT molecular complexity index is 303. The quantitative estimate of drug-likeness (QED) is 0.518. The van der Waals surface area contributed by atoms with Crippen LogP contribution < -0.4 is 0 Å². The van der Waals surface area contributed by atoms with Gasteiger partial charge in [-0.05, 0) is 18.9 Å². The second-order valence-electron chi connectivity index (χ2n) is 3.21. The fourth-order valence-electron chi connectivity index (χ4n) is 1.11. The standard InChI is InChI=1S/C12H15BO/c1-3-12(13)10(2)14-9-11-7-5-4-6-8-11/h4-8H,3,9H2,1-2H3. The van der Waals surface area contributed by atoms with Crippen LogP contribution in [0.5, 0.6) is 0 Å². The summed E-state index contributed by atoms with van der Waals surface area (Å²) in [5.74, 6) is 0.830. The molecule has 0 saturated heterocycles. The highest BCUT2D eigenvalue weighted by molar-refractivity contribution is 6.21. The van der Waals surface area contributed by atoms with Gasteiger partial charge in [0.1, 0.15) is 14.5 Å². The summed E-state index contributed by atoms with van der Waals surface area (Å²) in [5, 5.41) is 0. The largest absolute Gasteiger partial charge is 0.494 e. The minimum absolute atomic E-state index is 0.591. The fraction of sp³-hybridized carbons (Fsp3) is 0.333. The highest BCUT2D eigenvalue weighted by Gasteiger charge is 1.96. The maximum atomic E-state index is 5.74. The lowest BCUT2D eigenvalue weighted by Crippen LogP contribution is -1.94. The van der Waals surface area contributed by atoms with Gasteiger partial charge < -0.3 is 4.74 Å². The number of hydrogen-bond donors (Lipinski definition) is 0. The topological polar surface area (TPSA) is 9.23 Å². The molecule has 0 aliphatic heterocycles.